The van der Waals surface area contributed by atoms with Crippen LogP contribution in [0.25, 0.3) is 0 Å². The molecule has 1 atom stereocenters. The fourth-order valence-corrected chi connectivity index (χ4v) is 1.71. The first-order chi connectivity index (χ1) is 8.15. The van der Waals surface area contributed by atoms with E-state index >= 15 is 0 Å². The molecule has 92 valence electrons. The minimum atomic E-state index is -0.411. The molecular weight excluding hydrogens is 224 g/mol. The number of hydrogen-bond donors (Lipinski definition) is 2. The van der Waals surface area contributed by atoms with Crippen molar-refractivity contribution in [3.8, 4) is 0 Å². The highest BCUT2D eigenvalue weighted by Gasteiger charge is 2.11. The molecule has 0 fully saturated rings. The summed E-state index contributed by atoms with van der Waals surface area (Å²) in [6, 6.07) is 3.83. The first kappa shape index (κ1) is 11.8. The number of guanidine groups is 1. The lowest BCUT2D eigenvalue weighted by Crippen LogP contribution is -2.38. The zero-order valence-electron chi connectivity index (χ0n) is 9.63. The van der Waals surface area contributed by atoms with E-state index < -0.39 is 5.82 Å². The molecule has 0 spiro atoms. The van der Waals surface area contributed by atoms with Gasteiger partial charge in [-0.25, -0.2) is 8.78 Å². The smallest absolute Gasteiger partial charge is 0.191 e. The molecule has 0 amide bonds. The maximum atomic E-state index is 13.3. The van der Waals surface area contributed by atoms with Crippen molar-refractivity contribution >= 4 is 5.96 Å². The molecule has 17 heavy (non-hydrogen) atoms. The van der Waals surface area contributed by atoms with Crippen LogP contribution in [-0.2, 0) is 6.42 Å². The number of hydrogen-bond acceptors (Lipinski definition) is 3. The molecule has 1 heterocycles. The number of nitrogens with zero attached hydrogens (tertiary/aromatic N) is 1. The van der Waals surface area contributed by atoms with E-state index in [-0.39, 0.29) is 5.82 Å². The van der Waals surface area contributed by atoms with E-state index in [0.29, 0.717) is 24.6 Å². The molecular formula is C12H15F2N3. The van der Waals surface area contributed by atoms with Crippen LogP contribution in [-0.4, -0.2) is 25.1 Å². The summed E-state index contributed by atoms with van der Waals surface area (Å²) in [5.41, 5.74) is 0.379. The molecule has 0 aliphatic carbocycles. The average molecular weight is 239 g/mol. The lowest BCUT2D eigenvalue weighted by Gasteiger charge is -2.09. The Kier molecular flexibility index (Phi) is 3.56. The lowest BCUT2D eigenvalue weighted by molar-refractivity contribution is 0.583. The lowest BCUT2D eigenvalue weighted by atomic mass is 10.1. The van der Waals surface area contributed by atoms with E-state index in [1.807, 2.05) is 6.92 Å². The fraction of sp³-hybridized carbons (Fsp3) is 0.417. The molecule has 0 bridgehead atoms. The average Bonchev–Trinajstić information content (AvgIpc) is 2.69. The fourth-order valence-electron chi connectivity index (χ4n) is 1.71. The van der Waals surface area contributed by atoms with E-state index in [2.05, 4.69) is 15.6 Å². The third kappa shape index (κ3) is 3.15. The van der Waals surface area contributed by atoms with Crippen LogP contribution in [0.5, 0.6) is 0 Å². The highest BCUT2D eigenvalue weighted by molar-refractivity contribution is 5.81. The number of halogens is 2. The SMILES string of the molecule is CC1CN=C(NCCc2cc(F)ccc2F)N1. The molecule has 5 heteroatoms. The third-order valence-electron chi connectivity index (χ3n) is 2.60. The number of aliphatic imine (C=N–C) groups is 1. The molecule has 1 aliphatic rings. The molecule has 0 radical (unpaired) electrons. The van der Waals surface area contributed by atoms with Crippen LogP contribution in [0.15, 0.2) is 23.2 Å². The van der Waals surface area contributed by atoms with E-state index in [9.17, 15) is 8.78 Å². The van der Waals surface area contributed by atoms with Crippen molar-refractivity contribution in [2.45, 2.75) is 19.4 Å². The van der Waals surface area contributed by atoms with Gasteiger partial charge in [-0.05, 0) is 37.1 Å². The third-order valence-corrected chi connectivity index (χ3v) is 2.60. The van der Waals surface area contributed by atoms with Crippen molar-refractivity contribution in [3.05, 3.63) is 35.4 Å². The van der Waals surface area contributed by atoms with Crippen LogP contribution in [0.2, 0.25) is 0 Å². The molecule has 1 aliphatic heterocycles. The summed E-state index contributed by atoms with van der Waals surface area (Å²) in [4.78, 5) is 4.21. The number of rotatable bonds is 3. The van der Waals surface area contributed by atoms with Crippen LogP contribution in [0.4, 0.5) is 8.78 Å². The summed E-state index contributed by atoms with van der Waals surface area (Å²) in [7, 11) is 0. The Bertz CT molecular complexity index is 432. The molecule has 0 saturated carbocycles. The Morgan fingerprint density at radius 2 is 2.29 bits per heavy atom. The maximum Gasteiger partial charge on any atom is 0.191 e. The van der Waals surface area contributed by atoms with Gasteiger partial charge in [0, 0.05) is 12.6 Å². The van der Waals surface area contributed by atoms with Crippen molar-refractivity contribution < 1.29 is 8.78 Å². The van der Waals surface area contributed by atoms with Gasteiger partial charge in [-0.1, -0.05) is 0 Å². The Hall–Kier alpha value is -1.65. The molecule has 1 aromatic carbocycles. The molecule has 0 saturated heterocycles. The van der Waals surface area contributed by atoms with Gasteiger partial charge in [0.15, 0.2) is 5.96 Å². The van der Waals surface area contributed by atoms with Crippen molar-refractivity contribution in [2.75, 3.05) is 13.1 Å². The van der Waals surface area contributed by atoms with Crippen LogP contribution < -0.4 is 10.6 Å². The topological polar surface area (TPSA) is 36.4 Å². The molecule has 2 N–H and O–H groups in total. The maximum absolute atomic E-state index is 13.3. The molecule has 0 aromatic heterocycles. The van der Waals surface area contributed by atoms with Gasteiger partial charge in [-0.3, -0.25) is 4.99 Å². The Morgan fingerprint density at radius 3 is 3.00 bits per heavy atom. The monoisotopic (exact) mass is 239 g/mol. The molecule has 2 rings (SSSR count). The molecule has 3 nitrogen and oxygen atoms in total. The van der Waals surface area contributed by atoms with Crippen molar-refractivity contribution in [1.82, 2.24) is 10.6 Å². The predicted molar refractivity (Wildman–Crippen MR) is 63.0 cm³/mol. The minimum absolute atomic E-state index is 0.336. The molecule has 1 aromatic rings. The summed E-state index contributed by atoms with van der Waals surface area (Å²) in [6.45, 7) is 3.31. The van der Waals surface area contributed by atoms with Gasteiger partial charge in [0.2, 0.25) is 0 Å². The van der Waals surface area contributed by atoms with Gasteiger partial charge in [-0.15, -0.1) is 0 Å². The summed E-state index contributed by atoms with van der Waals surface area (Å²) < 4.78 is 26.2. The van der Waals surface area contributed by atoms with Gasteiger partial charge in [0.05, 0.1) is 6.54 Å². The summed E-state index contributed by atoms with van der Waals surface area (Å²) >= 11 is 0. The van der Waals surface area contributed by atoms with E-state index in [1.54, 1.807) is 0 Å². The quantitative estimate of drug-likeness (QED) is 0.837. The van der Waals surface area contributed by atoms with Crippen LogP contribution >= 0.6 is 0 Å². The van der Waals surface area contributed by atoms with E-state index in [0.717, 1.165) is 24.6 Å². The predicted octanol–water partition coefficient (Wildman–Crippen LogP) is 1.44. The van der Waals surface area contributed by atoms with Gasteiger partial charge < -0.3 is 10.6 Å². The standard InChI is InChI=1S/C12H15F2N3/c1-8-7-16-12(17-8)15-5-4-9-6-10(13)2-3-11(9)14/h2-3,6,8H,4-5,7H2,1H3,(H2,15,16,17). The Labute approximate surface area is 98.9 Å². The summed E-state index contributed by atoms with van der Waals surface area (Å²) in [6.07, 6.45) is 0.429. The van der Waals surface area contributed by atoms with Crippen molar-refractivity contribution in [3.63, 3.8) is 0 Å². The van der Waals surface area contributed by atoms with Crippen LogP contribution in [0.1, 0.15) is 12.5 Å². The normalized spacial score (nSPS) is 18.8. The van der Waals surface area contributed by atoms with E-state index in [1.165, 1.54) is 6.07 Å². The Morgan fingerprint density at radius 1 is 1.47 bits per heavy atom. The Balaban J connectivity index is 1.84. The van der Waals surface area contributed by atoms with Gasteiger partial charge in [0.1, 0.15) is 11.6 Å². The number of nitrogens with one attached hydrogen (secondary N) is 2. The van der Waals surface area contributed by atoms with Crippen molar-refractivity contribution in [2.24, 2.45) is 4.99 Å². The summed E-state index contributed by atoms with van der Waals surface area (Å²) in [5, 5.41) is 6.19. The zero-order valence-corrected chi connectivity index (χ0v) is 9.63. The first-order valence-electron chi connectivity index (χ1n) is 5.64. The second kappa shape index (κ2) is 5.12. The van der Waals surface area contributed by atoms with E-state index in [4.69, 9.17) is 0 Å². The van der Waals surface area contributed by atoms with Gasteiger partial charge >= 0.3 is 0 Å². The van der Waals surface area contributed by atoms with Crippen LogP contribution in [0.3, 0.4) is 0 Å². The van der Waals surface area contributed by atoms with Gasteiger partial charge in [0.25, 0.3) is 0 Å². The number of benzene rings is 1. The van der Waals surface area contributed by atoms with Crippen molar-refractivity contribution in [1.29, 1.82) is 0 Å². The minimum Gasteiger partial charge on any atom is -0.356 e. The second-order valence-corrected chi connectivity index (χ2v) is 4.15. The molecule has 1 unspecified atom stereocenters. The zero-order chi connectivity index (χ0) is 12.3. The first-order valence-corrected chi connectivity index (χ1v) is 5.64. The largest absolute Gasteiger partial charge is 0.356 e. The highest BCUT2D eigenvalue weighted by atomic mass is 19.1. The van der Waals surface area contributed by atoms with Crippen LogP contribution in [0, 0.1) is 11.6 Å². The summed E-state index contributed by atoms with van der Waals surface area (Å²) in [5.74, 6) is -0.0523. The van der Waals surface area contributed by atoms with Gasteiger partial charge in [-0.2, -0.15) is 0 Å². The highest BCUT2D eigenvalue weighted by Crippen LogP contribution is 2.09. The second-order valence-electron chi connectivity index (χ2n) is 4.15.